The molecule has 49 heavy (non-hydrogen) atoms. The summed E-state index contributed by atoms with van der Waals surface area (Å²) in [5, 5.41) is 28.4. The number of ether oxygens (including phenoxy) is 1. The Kier molecular flexibility index (Phi) is 10.9. The van der Waals surface area contributed by atoms with Crippen LogP contribution in [0.4, 0.5) is 0 Å². The Bertz CT molecular complexity index is 2100. The van der Waals surface area contributed by atoms with Crippen LogP contribution in [0.2, 0.25) is 5.02 Å². The van der Waals surface area contributed by atoms with E-state index in [1.807, 2.05) is 54.1 Å². The number of aliphatic hydroxyl groups excluding tert-OH is 1. The van der Waals surface area contributed by atoms with E-state index in [-0.39, 0.29) is 12.4 Å². The fourth-order valence-electron chi connectivity index (χ4n) is 6.68. The highest BCUT2D eigenvalue weighted by Crippen LogP contribution is 2.44. The number of esters is 1. The number of phenolic OH excluding ortho intramolecular Hbond substituents is 1. The first-order valence-electron chi connectivity index (χ1n) is 16.2. The minimum Gasteiger partial charge on any atom is -0.507 e. The number of aliphatic hydroxyl groups is 1. The van der Waals surface area contributed by atoms with Gasteiger partial charge in [0.2, 0.25) is 0 Å². The first-order valence-corrected chi connectivity index (χ1v) is 18.7. The van der Waals surface area contributed by atoms with Crippen molar-refractivity contribution in [3.63, 3.8) is 0 Å². The van der Waals surface area contributed by atoms with Gasteiger partial charge in [0.15, 0.2) is 0 Å². The quantitative estimate of drug-likeness (QED) is 0.0666. The van der Waals surface area contributed by atoms with Gasteiger partial charge in [0.25, 0.3) is 0 Å². The number of carbonyl (C=O) groups excluding carboxylic acids is 1. The zero-order valence-electron chi connectivity index (χ0n) is 27.8. The Morgan fingerprint density at radius 3 is 2.76 bits per heavy atom. The summed E-state index contributed by atoms with van der Waals surface area (Å²) >= 11 is 10.3. The third-order valence-corrected chi connectivity index (χ3v) is 11.2. The number of halogens is 1. The number of thioether (sulfide) groups is 2. The third-order valence-electron chi connectivity index (χ3n) is 8.88. The van der Waals surface area contributed by atoms with E-state index in [0.29, 0.717) is 46.5 Å². The lowest BCUT2D eigenvalue weighted by Crippen LogP contribution is -2.10. The van der Waals surface area contributed by atoms with Gasteiger partial charge in [0.05, 0.1) is 23.3 Å². The second-order valence-corrected chi connectivity index (χ2v) is 14.4. The highest BCUT2D eigenvalue weighted by molar-refractivity contribution is 8.00. The SMILES string of the molecule is CN=C(/C=C(\N)CSCc1nn2c(c1-c1c(Cl)ccc3c(CCCO)c(C(=O)OC)n(C)c13)CCC2)CSc1cc(O)c2ccccc2c1. The summed E-state index contributed by atoms with van der Waals surface area (Å²) in [6.45, 7) is 0.862. The summed E-state index contributed by atoms with van der Waals surface area (Å²) in [6.07, 6.45) is 4.88. The predicted octanol–water partition coefficient (Wildman–Crippen LogP) is 7.15. The van der Waals surface area contributed by atoms with E-state index in [0.717, 1.165) is 79.7 Å². The Morgan fingerprint density at radius 2 is 1.98 bits per heavy atom. The molecule has 0 amide bonds. The summed E-state index contributed by atoms with van der Waals surface area (Å²) in [6, 6.07) is 15.5. The van der Waals surface area contributed by atoms with Gasteiger partial charge in [-0.05, 0) is 60.9 Å². The number of hydrogen-bond donors (Lipinski definition) is 3. The first kappa shape index (κ1) is 34.9. The number of benzene rings is 3. The Balaban J connectivity index is 1.24. The molecule has 3 heterocycles. The number of nitrogens with zero attached hydrogens (tertiary/aromatic N) is 4. The number of rotatable bonds is 13. The average molecular weight is 718 g/mol. The molecule has 0 radical (unpaired) electrons. The van der Waals surface area contributed by atoms with Crippen molar-refractivity contribution in [1.82, 2.24) is 14.3 Å². The van der Waals surface area contributed by atoms with Crippen molar-refractivity contribution in [2.75, 3.05) is 32.3 Å². The normalized spacial score (nSPS) is 13.5. The number of aromatic hydroxyl groups is 1. The van der Waals surface area contributed by atoms with Crippen LogP contribution in [0.5, 0.6) is 5.75 Å². The summed E-state index contributed by atoms with van der Waals surface area (Å²) in [4.78, 5) is 18.4. The molecule has 256 valence electrons. The van der Waals surface area contributed by atoms with E-state index in [9.17, 15) is 15.0 Å². The van der Waals surface area contributed by atoms with E-state index in [1.165, 1.54) is 7.11 Å². The van der Waals surface area contributed by atoms with Gasteiger partial charge in [-0.3, -0.25) is 9.67 Å². The molecule has 0 bridgehead atoms. The molecule has 0 spiro atoms. The van der Waals surface area contributed by atoms with Crippen molar-refractivity contribution in [3.05, 3.63) is 88.0 Å². The lowest BCUT2D eigenvalue weighted by molar-refractivity contribution is 0.0589. The molecule has 0 atom stereocenters. The Hall–Kier alpha value is -3.90. The van der Waals surface area contributed by atoms with E-state index in [1.54, 1.807) is 36.6 Å². The van der Waals surface area contributed by atoms with Crippen molar-refractivity contribution in [1.29, 1.82) is 0 Å². The number of nitrogens with two attached hydrogens (primary N) is 1. The van der Waals surface area contributed by atoms with Crippen LogP contribution in [0.25, 0.3) is 32.8 Å². The maximum atomic E-state index is 13.0. The lowest BCUT2D eigenvalue weighted by atomic mass is 9.97. The molecule has 12 heteroatoms. The van der Waals surface area contributed by atoms with Crippen molar-refractivity contribution in [2.24, 2.45) is 17.8 Å². The van der Waals surface area contributed by atoms with Crippen LogP contribution >= 0.6 is 35.1 Å². The second-order valence-electron chi connectivity index (χ2n) is 12.0. The number of fused-ring (bicyclic) bond motifs is 3. The number of phenols is 1. The molecule has 0 saturated carbocycles. The fourth-order valence-corrected chi connectivity index (χ4v) is 8.67. The number of aliphatic imine (C=N–C) groups is 1. The minimum atomic E-state index is -0.421. The van der Waals surface area contributed by atoms with Crippen LogP contribution in [-0.2, 0) is 36.9 Å². The van der Waals surface area contributed by atoms with Gasteiger partial charge in [-0.2, -0.15) is 5.10 Å². The summed E-state index contributed by atoms with van der Waals surface area (Å²) in [5.41, 5.74) is 14.2. The Labute approximate surface area is 299 Å². The van der Waals surface area contributed by atoms with Crippen LogP contribution in [0, 0.1) is 0 Å². The third kappa shape index (κ3) is 7.08. The monoisotopic (exact) mass is 717 g/mol. The fraction of sp³-hybridized carbons (Fsp3) is 0.324. The molecule has 0 fully saturated rings. The lowest BCUT2D eigenvalue weighted by Gasteiger charge is -2.12. The van der Waals surface area contributed by atoms with Gasteiger partial charge < -0.3 is 25.3 Å². The van der Waals surface area contributed by atoms with E-state index in [4.69, 9.17) is 27.2 Å². The molecule has 1 aliphatic heterocycles. The molecule has 2 aromatic heterocycles. The van der Waals surface area contributed by atoms with Crippen LogP contribution in [0.1, 0.15) is 40.3 Å². The number of methoxy groups -OCH3 is 1. The zero-order chi connectivity index (χ0) is 34.7. The summed E-state index contributed by atoms with van der Waals surface area (Å²) < 4.78 is 9.15. The Morgan fingerprint density at radius 1 is 1.16 bits per heavy atom. The molecular weight excluding hydrogens is 678 g/mol. The molecule has 6 rings (SSSR count). The van der Waals surface area contributed by atoms with Crippen molar-refractivity contribution in [3.8, 4) is 16.9 Å². The number of aryl methyl sites for hydroxylation is 3. The molecular formula is C37H40ClN5O4S2. The largest absolute Gasteiger partial charge is 0.507 e. The van der Waals surface area contributed by atoms with E-state index < -0.39 is 5.97 Å². The maximum absolute atomic E-state index is 13.0. The second kappa shape index (κ2) is 15.3. The molecule has 4 N–H and O–H groups in total. The topological polar surface area (TPSA) is 128 Å². The van der Waals surface area contributed by atoms with Crippen LogP contribution in [0.15, 0.2) is 70.2 Å². The number of carbonyl (C=O) groups is 1. The number of allylic oxidation sites excluding steroid dienone is 1. The predicted molar refractivity (Wildman–Crippen MR) is 202 cm³/mol. The molecule has 0 saturated heterocycles. The van der Waals surface area contributed by atoms with Crippen molar-refractivity contribution >= 4 is 68.5 Å². The average Bonchev–Trinajstić information content (AvgIpc) is 3.77. The number of aromatic nitrogens is 3. The highest BCUT2D eigenvalue weighted by atomic mass is 35.5. The van der Waals surface area contributed by atoms with Gasteiger partial charge >= 0.3 is 5.97 Å². The van der Waals surface area contributed by atoms with Gasteiger partial charge in [0, 0.05) is 88.4 Å². The number of hydrogen-bond acceptors (Lipinski definition) is 9. The van der Waals surface area contributed by atoms with Gasteiger partial charge in [0.1, 0.15) is 11.4 Å². The highest BCUT2D eigenvalue weighted by Gasteiger charge is 2.30. The molecule has 0 aliphatic carbocycles. The molecule has 5 aromatic rings. The first-order chi connectivity index (χ1) is 23.7. The molecule has 0 unspecified atom stereocenters. The summed E-state index contributed by atoms with van der Waals surface area (Å²) in [7, 11) is 5.02. The molecule has 3 aromatic carbocycles. The minimum absolute atomic E-state index is 0.0206. The van der Waals surface area contributed by atoms with E-state index >= 15 is 0 Å². The van der Waals surface area contributed by atoms with Gasteiger partial charge in [-0.1, -0.05) is 41.9 Å². The van der Waals surface area contributed by atoms with Crippen molar-refractivity contribution in [2.45, 2.75) is 42.9 Å². The smallest absolute Gasteiger partial charge is 0.354 e. The van der Waals surface area contributed by atoms with Crippen LogP contribution in [-0.4, -0.2) is 68.5 Å². The van der Waals surface area contributed by atoms with Crippen LogP contribution < -0.4 is 5.73 Å². The van der Waals surface area contributed by atoms with Crippen molar-refractivity contribution < 1.29 is 19.7 Å². The molecule has 1 aliphatic rings. The van der Waals surface area contributed by atoms with Crippen LogP contribution in [0.3, 0.4) is 0 Å². The molecule has 9 nitrogen and oxygen atoms in total. The zero-order valence-corrected chi connectivity index (χ0v) is 30.2. The van der Waals surface area contributed by atoms with Gasteiger partial charge in [-0.15, -0.1) is 23.5 Å². The maximum Gasteiger partial charge on any atom is 0.354 e. The van der Waals surface area contributed by atoms with Gasteiger partial charge in [-0.25, -0.2) is 4.79 Å². The summed E-state index contributed by atoms with van der Waals surface area (Å²) in [5.74, 6) is 1.66. The standard InChI is InChI=1S/C37H40ClN5O4S2/c1-40-24(20-49-25-16-22-8-4-5-9-26(22)32(45)18-25)17-23(39)19-48-21-30-34(31-11-6-14-43(31)41-30)33-29(38)13-12-28-27(10-7-15-44)36(37(46)47-3)42(2)35(28)33/h4-5,8-9,12-13,16-18,44-45H,6-7,10-11,14-15,19-21,39H2,1-3H3/b23-17-,40-24?. The van der Waals surface area contributed by atoms with E-state index in [2.05, 4.69) is 15.7 Å².